The Morgan fingerprint density at radius 3 is 2.43 bits per heavy atom. The topological polar surface area (TPSA) is 45.6 Å². The lowest BCUT2D eigenvalue weighted by Crippen LogP contribution is -2.46. The van der Waals surface area contributed by atoms with E-state index in [2.05, 4.69) is 54.9 Å². The molecule has 1 aromatic heterocycles. The van der Waals surface area contributed by atoms with E-state index in [1.807, 2.05) is 55.1 Å². The average Bonchev–Trinajstić information content (AvgIpc) is 3.30. The van der Waals surface area contributed by atoms with Crippen molar-refractivity contribution in [3.05, 3.63) is 95.3 Å². The second-order valence-electron chi connectivity index (χ2n) is 9.34. The summed E-state index contributed by atoms with van der Waals surface area (Å²) >= 11 is 0. The van der Waals surface area contributed by atoms with Crippen LogP contribution in [0.1, 0.15) is 67.2 Å². The predicted molar refractivity (Wildman–Crippen MR) is 142 cm³/mol. The van der Waals surface area contributed by atoms with Crippen molar-refractivity contribution in [2.24, 2.45) is 0 Å². The minimum Gasteiger partial charge on any atom is -0.345 e. The van der Waals surface area contributed by atoms with E-state index in [-0.39, 0.29) is 24.4 Å². The van der Waals surface area contributed by atoms with Gasteiger partial charge in [-0.3, -0.25) is 9.59 Å². The van der Waals surface area contributed by atoms with Gasteiger partial charge in [-0.05, 0) is 56.5 Å². The molecule has 1 heterocycles. The van der Waals surface area contributed by atoms with Gasteiger partial charge in [-0.15, -0.1) is 0 Å². The van der Waals surface area contributed by atoms with Gasteiger partial charge in [0.25, 0.3) is 5.91 Å². The Hall–Kier alpha value is -3.34. The molecule has 0 aliphatic carbocycles. The van der Waals surface area contributed by atoms with E-state index in [0.717, 1.165) is 31.5 Å². The number of aromatic nitrogens is 1. The first kappa shape index (κ1) is 26.3. The first-order valence-corrected chi connectivity index (χ1v) is 12.8. The Bertz CT molecular complexity index is 1090. The summed E-state index contributed by atoms with van der Waals surface area (Å²) in [6, 6.07) is 21.9. The van der Waals surface area contributed by atoms with Crippen molar-refractivity contribution in [3.63, 3.8) is 0 Å². The third-order valence-corrected chi connectivity index (χ3v) is 6.56. The van der Waals surface area contributed by atoms with Crippen LogP contribution in [0, 0.1) is 6.92 Å². The highest BCUT2D eigenvalue weighted by Crippen LogP contribution is 2.15. The quantitative estimate of drug-likeness (QED) is 0.328. The third-order valence-electron chi connectivity index (χ3n) is 6.56. The van der Waals surface area contributed by atoms with Crippen LogP contribution < -0.4 is 0 Å². The summed E-state index contributed by atoms with van der Waals surface area (Å²) in [6.45, 7) is 10.4. The van der Waals surface area contributed by atoms with Gasteiger partial charge in [0.15, 0.2) is 0 Å². The normalized spacial score (nSPS) is 11.8. The first-order valence-electron chi connectivity index (χ1n) is 12.8. The van der Waals surface area contributed by atoms with Crippen molar-refractivity contribution in [2.75, 3.05) is 13.1 Å². The summed E-state index contributed by atoms with van der Waals surface area (Å²) in [5.41, 5.74) is 4.20. The van der Waals surface area contributed by atoms with Crippen LogP contribution in [-0.4, -0.2) is 45.3 Å². The Morgan fingerprint density at radius 1 is 0.971 bits per heavy atom. The van der Waals surface area contributed by atoms with Gasteiger partial charge in [0.05, 0.1) is 6.54 Å². The van der Waals surface area contributed by atoms with Crippen LogP contribution in [0.3, 0.4) is 0 Å². The van der Waals surface area contributed by atoms with Crippen LogP contribution in [-0.2, 0) is 17.9 Å². The Balaban J connectivity index is 1.78. The van der Waals surface area contributed by atoms with Crippen LogP contribution in [0.25, 0.3) is 0 Å². The molecule has 0 saturated carbocycles. The zero-order chi connectivity index (χ0) is 25.2. The number of nitrogens with zero attached hydrogens (tertiary/aromatic N) is 3. The molecule has 1 unspecified atom stereocenters. The number of hydrogen-bond donors (Lipinski definition) is 0. The molecular weight excluding hydrogens is 434 g/mol. The molecule has 3 aromatic rings. The molecule has 0 saturated heterocycles. The summed E-state index contributed by atoms with van der Waals surface area (Å²) in [5, 5.41) is 0. The molecule has 2 aromatic carbocycles. The highest BCUT2D eigenvalue weighted by molar-refractivity contribution is 5.96. The van der Waals surface area contributed by atoms with E-state index in [4.69, 9.17) is 0 Å². The summed E-state index contributed by atoms with van der Waals surface area (Å²) in [7, 11) is 0. The fraction of sp³-hybridized carbons (Fsp3) is 0.400. The van der Waals surface area contributed by atoms with Crippen LogP contribution in [0.5, 0.6) is 0 Å². The monoisotopic (exact) mass is 473 g/mol. The first-order chi connectivity index (χ1) is 16.9. The smallest absolute Gasteiger partial charge is 0.254 e. The van der Waals surface area contributed by atoms with Gasteiger partial charge < -0.3 is 14.4 Å². The minimum absolute atomic E-state index is 0.00802. The number of unbranched alkanes of at least 4 members (excludes halogenated alkanes) is 1. The van der Waals surface area contributed by atoms with Crippen LogP contribution in [0.2, 0.25) is 0 Å². The fourth-order valence-corrected chi connectivity index (χ4v) is 4.23. The lowest BCUT2D eigenvalue weighted by Gasteiger charge is -2.31. The molecule has 0 radical (unpaired) electrons. The van der Waals surface area contributed by atoms with Gasteiger partial charge in [-0.1, -0.05) is 68.3 Å². The van der Waals surface area contributed by atoms with Gasteiger partial charge in [-0.25, -0.2) is 0 Å². The molecule has 5 nitrogen and oxygen atoms in total. The number of rotatable bonds is 12. The number of amides is 2. The molecule has 2 amide bonds. The fourth-order valence-electron chi connectivity index (χ4n) is 4.23. The maximum Gasteiger partial charge on any atom is 0.254 e. The number of carbonyl (C=O) groups excluding carboxylic acids is 2. The maximum absolute atomic E-state index is 13.6. The average molecular weight is 474 g/mol. The lowest BCUT2D eigenvalue weighted by molar-refractivity contribution is -0.133. The van der Waals surface area contributed by atoms with E-state index in [1.165, 1.54) is 11.1 Å². The number of carbonyl (C=O) groups is 2. The van der Waals surface area contributed by atoms with E-state index in [1.54, 1.807) is 4.90 Å². The van der Waals surface area contributed by atoms with E-state index in [9.17, 15) is 9.59 Å². The SMILES string of the molecule is CCCCN(Cc1cccn1Cc1cccc(C)c1)C(=O)CN(C(=O)c1ccccc1)C(C)CC. The van der Waals surface area contributed by atoms with Crippen LogP contribution >= 0.6 is 0 Å². The molecule has 5 heteroatoms. The standard InChI is InChI=1S/C30H39N3O2/c1-5-7-18-32(22-28-17-12-19-31(28)21-26-14-11-13-24(3)20-26)29(34)23-33(25(4)6-2)30(35)27-15-9-8-10-16-27/h8-17,19-20,25H,5-7,18,21-23H2,1-4H3. The van der Waals surface area contributed by atoms with Crippen molar-refractivity contribution >= 4 is 11.8 Å². The van der Waals surface area contributed by atoms with E-state index >= 15 is 0 Å². The number of aryl methyl sites for hydroxylation is 1. The lowest BCUT2D eigenvalue weighted by atomic mass is 10.1. The summed E-state index contributed by atoms with van der Waals surface area (Å²) < 4.78 is 2.21. The molecule has 35 heavy (non-hydrogen) atoms. The van der Waals surface area contributed by atoms with Crippen LogP contribution in [0.4, 0.5) is 0 Å². The van der Waals surface area contributed by atoms with E-state index in [0.29, 0.717) is 18.7 Å². The van der Waals surface area contributed by atoms with Crippen molar-refractivity contribution in [1.29, 1.82) is 0 Å². The Morgan fingerprint density at radius 2 is 1.74 bits per heavy atom. The molecule has 3 rings (SSSR count). The molecular formula is C30H39N3O2. The largest absolute Gasteiger partial charge is 0.345 e. The number of hydrogen-bond acceptors (Lipinski definition) is 2. The van der Waals surface area contributed by atoms with Crippen molar-refractivity contribution in [3.8, 4) is 0 Å². The van der Waals surface area contributed by atoms with Crippen molar-refractivity contribution in [1.82, 2.24) is 14.4 Å². The van der Waals surface area contributed by atoms with Crippen molar-refractivity contribution in [2.45, 2.75) is 66.1 Å². The second-order valence-corrected chi connectivity index (χ2v) is 9.34. The molecule has 1 atom stereocenters. The Labute approximate surface area is 210 Å². The zero-order valence-electron chi connectivity index (χ0n) is 21.6. The maximum atomic E-state index is 13.6. The second kappa shape index (κ2) is 12.9. The summed E-state index contributed by atoms with van der Waals surface area (Å²) in [6.07, 6.45) is 4.80. The van der Waals surface area contributed by atoms with Gasteiger partial charge in [0.1, 0.15) is 6.54 Å². The third kappa shape index (κ3) is 7.32. The molecule has 0 spiro atoms. The highest BCUT2D eigenvalue weighted by Gasteiger charge is 2.26. The Kier molecular flexibility index (Phi) is 9.71. The molecule has 0 aliphatic heterocycles. The highest BCUT2D eigenvalue weighted by atomic mass is 16.2. The molecule has 0 aliphatic rings. The molecule has 186 valence electrons. The van der Waals surface area contributed by atoms with Crippen LogP contribution in [0.15, 0.2) is 72.9 Å². The predicted octanol–water partition coefficient (Wildman–Crippen LogP) is 5.91. The van der Waals surface area contributed by atoms with Gasteiger partial charge in [-0.2, -0.15) is 0 Å². The molecule has 0 N–H and O–H groups in total. The molecule has 0 fully saturated rings. The minimum atomic E-state index is -0.0911. The van der Waals surface area contributed by atoms with E-state index < -0.39 is 0 Å². The molecule has 0 bridgehead atoms. The zero-order valence-corrected chi connectivity index (χ0v) is 21.6. The van der Waals surface area contributed by atoms with Gasteiger partial charge >= 0.3 is 0 Å². The van der Waals surface area contributed by atoms with Gasteiger partial charge in [0, 0.05) is 36.6 Å². The van der Waals surface area contributed by atoms with Gasteiger partial charge in [0.2, 0.25) is 5.91 Å². The number of benzene rings is 2. The summed E-state index contributed by atoms with van der Waals surface area (Å²) in [4.78, 5) is 30.5. The van der Waals surface area contributed by atoms with Crippen molar-refractivity contribution < 1.29 is 9.59 Å². The summed E-state index contributed by atoms with van der Waals surface area (Å²) in [5.74, 6) is -0.0992.